The van der Waals surface area contributed by atoms with Crippen molar-refractivity contribution in [2.75, 3.05) is 145 Å². The molecule has 0 spiro atoms. The van der Waals surface area contributed by atoms with Crippen LogP contribution in [0.5, 0.6) is 0 Å². The number of carbonyl (C=O) groups excluding carboxylic acids is 1. The van der Waals surface area contributed by atoms with Crippen molar-refractivity contribution in [1.82, 2.24) is 0 Å². The summed E-state index contributed by atoms with van der Waals surface area (Å²) < 4.78 is 64.3. The molecule has 0 aromatic carbocycles. The molecule has 0 bridgehead atoms. The Hall–Kier alpha value is -1.23. The van der Waals surface area contributed by atoms with Gasteiger partial charge in [0.05, 0.1) is 145 Å². The highest BCUT2D eigenvalue weighted by Crippen LogP contribution is 1.89. The van der Waals surface area contributed by atoms with Gasteiger partial charge in [-0.1, -0.05) is 6.58 Å². The Labute approximate surface area is 245 Å². The summed E-state index contributed by atoms with van der Waals surface area (Å²) in [5, 5.41) is 0. The van der Waals surface area contributed by atoms with E-state index >= 15 is 0 Å². The summed E-state index contributed by atoms with van der Waals surface area (Å²) in [6, 6.07) is 0. The van der Waals surface area contributed by atoms with E-state index in [0.717, 1.165) is 6.08 Å². The van der Waals surface area contributed by atoms with E-state index in [1.807, 2.05) is 13.8 Å². The lowest BCUT2D eigenvalue weighted by atomic mass is 10.5. The molecule has 0 aromatic heterocycles. The lowest BCUT2D eigenvalue weighted by Crippen LogP contribution is -2.15. The maximum absolute atomic E-state index is 10.8. The minimum absolute atomic E-state index is 0.200. The second kappa shape index (κ2) is 35.0. The predicted octanol–water partition coefficient (Wildman–Crippen LogP) is 1.31. The highest BCUT2D eigenvalue weighted by atomic mass is 16.6. The minimum atomic E-state index is -0.458. The van der Waals surface area contributed by atoms with Crippen LogP contribution in [-0.2, 0) is 61.6 Å². The van der Waals surface area contributed by atoms with Crippen molar-refractivity contribution in [2.45, 2.75) is 20.0 Å². The topological polar surface area (TPSA) is 128 Å². The second-order valence-corrected chi connectivity index (χ2v) is 8.41. The number of ether oxygens (including phenoxy) is 12. The molecule has 0 aliphatic rings. The first-order valence-electron chi connectivity index (χ1n) is 14.3. The van der Waals surface area contributed by atoms with Gasteiger partial charge in [0.1, 0.15) is 6.61 Å². The lowest BCUT2D eigenvalue weighted by Gasteiger charge is -2.09. The highest BCUT2D eigenvalue weighted by molar-refractivity contribution is 5.81. The maximum atomic E-state index is 10.8. The summed E-state index contributed by atoms with van der Waals surface area (Å²) in [5.74, 6) is -0.458. The summed E-state index contributed by atoms with van der Waals surface area (Å²) in [6.07, 6.45) is 1.34. The van der Waals surface area contributed by atoms with Crippen LogP contribution in [0.3, 0.4) is 0 Å². The molecular formula is C28H54O13. The Balaban J connectivity index is 3.05. The molecule has 0 aliphatic carbocycles. The van der Waals surface area contributed by atoms with Crippen LogP contribution in [-0.4, -0.2) is 157 Å². The van der Waals surface area contributed by atoms with Crippen molar-refractivity contribution < 1.29 is 61.6 Å². The van der Waals surface area contributed by atoms with E-state index < -0.39 is 5.97 Å². The van der Waals surface area contributed by atoms with Gasteiger partial charge >= 0.3 is 5.97 Å². The van der Waals surface area contributed by atoms with E-state index in [0.29, 0.717) is 139 Å². The Morgan fingerprint density at radius 3 is 0.878 bits per heavy atom. The van der Waals surface area contributed by atoms with Gasteiger partial charge in [-0.15, -0.1) is 0 Å². The molecule has 0 rings (SSSR count). The van der Waals surface area contributed by atoms with Gasteiger partial charge in [0.25, 0.3) is 0 Å². The van der Waals surface area contributed by atoms with Gasteiger partial charge in [0.15, 0.2) is 0 Å². The first kappa shape index (κ1) is 39.8. The Kier molecular flexibility index (Phi) is 33.9. The fourth-order valence-corrected chi connectivity index (χ4v) is 2.68. The van der Waals surface area contributed by atoms with Gasteiger partial charge < -0.3 is 56.8 Å². The number of hydrogen-bond acceptors (Lipinski definition) is 13. The quantitative estimate of drug-likeness (QED) is 0.0591. The van der Waals surface area contributed by atoms with Crippen LogP contribution in [0.4, 0.5) is 0 Å². The third-order valence-corrected chi connectivity index (χ3v) is 4.67. The van der Waals surface area contributed by atoms with Crippen molar-refractivity contribution in [3.05, 3.63) is 12.7 Å². The zero-order chi connectivity index (χ0) is 29.9. The van der Waals surface area contributed by atoms with Crippen molar-refractivity contribution in [3.8, 4) is 0 Å². The molecule has 13 heteroatoms. The fraction of sp³-hybridized carbons (Fsp3) is 0.893. The number of esters is 1. The molecule has 13 nitrogen and oxygen atoms in total. The van der Waals surface area contributed by atoms with Crippen molar-refractivity contribution >= 4 is 5.97 Å². The van der Waals surface area contributed by atoms with Crippen LogP contribution >= 0.6 is 0 Å². The summed E-state index contributed by atoms with van der Waals surface area (Å²) in [4.78, 5) is 10.8. The second-order valence-electron chi connectivity index (χ2n) is 8.41. The number of hydrogen-bond donors (Lipinski definition) is 0. The molecule has 0 N–H and O–H groups in total. The lowest BCUT2D eigenvalue weighted by molar-refractivity contribution is -0.139. The Morgan fingerprint density at radius 2 is 0.659 bits per heavy atom. The third kappa shape index (κ3) is 36.7. The normalized spacial score (nSPS) is 11.4. The fourth-order valence-electron chi connectivity index (χ4n) is 2.68. The molecule has 0 atom stereocenters. The molecule has 41 heavy (non-hydrogen) atoms. The first-order chi connectivity index (χ1) is 20.2. The van der Waals surface area contributed by atoms with Gasteiger partial charge in [0.2, 0.25) is 0 Å². The van der Waals surface area contributed by atoms with E-state index in [1.54, 1.807) is 0 Å². The maximum Gasteiger partial charge on any atom is 0.330 e. The molecule has 0 heterocycles. The molecule has 0 saturated heterocycles. The molecule has 0 unspecified atom stereocenters. The monoisotopic (exact) mass is 598 g/mol. The van der Waals surface area contributed by atoms with Gasteiger partial charge in [-0.2, -0.15) is 0 Å². The molecule has 0 amide bonds. The van der Waals surface area contributed by atoms with Crippen molar-refractivity contribution in [2.24, 2.45) is 0 Å². The zero-order valence-electron chi connectivity index (χ0n) is 25.2. The molecule has 0 fully saturated rings. The van der Waals surface area contributed by atoms with Crippen LogP contribution in [0, 0.1) is 0 Å². The third-order valence-electron chi connectivity index (χ3n) is 4.67. The smallest absolute Gasteiger partial charge is 0.330 e. The largest absolute Gasteiger partial charge is 0.460 e. The molecule has 244 valence electrons. The minimum Gasteiger partial charge on any atom is -0.460 e. The summed E-state index contributed by atoms with van der Waals surface area (Å²) in [6.45, 7) is 18.0. The summed E-state index contributed by atoms with van der Waals surface area (Å²) in [5.41, 5.74) is 0. The van der Waals surface area contributed by atoms with Crippen LogP contribution < -0.4 is 0 Å². The highest BCUT2D eigenvalue weighted by Gasteiger charge is 1.98. The predicted molar refractivity (Wildman–Crippen MR) is 150 cm³/mol. The van der Waals surface area contributed by atoms with Crippen LogP contribution in [0.1, 0.15) is 13.8 Å². The molecule has 0 aliphatic heterocycles. The van der Waals surface area contributed by atoms with E-state index in [4.69, 9.17) is 56.8 Å². The van der Waals surface area contributed by atoms with Crippen molar-refractivity contribution in [3.63, 3.8) is 0 Å². The molecule has 0 aromatic rings. The molecular weight excluding hydrogens is 544 g/mol. The van der Waals surface area contributed by atoms with Gasteiger partial charge in [-0.25, -0.2) is 4.79 Å². The van der Waals surface area contributed by atoms with Crippen LogP contribution in [0.2, 0.25) is 0 Å². The van der Waals surface area contributed by atoms with E-state index in [-0.39, 0.29) is 12.7 Å². The van der Waals surface area contributed by atoms with Crippen LogP contribution in [0.25, 0.3) is 0 Å². The summed E-state index contributed by atoms with van der Waals surface area (Å²) >= 11 is 0. The standard InChI is InChI=1S/C28H54O13/c1-4-28(29)41-26-24-39-22-20-37-18-16-35-14-12-33-10-8-31-6-5-30-7-9-32-11-13-34-15-17-36-19-21-38-23-25-40-27(2)3/h4,27H,1,5-26H2,2-3H3. The number of carbonyl (C=O) groups is 1. The van der Waals surface area contributed by atoms with Crippen molar-refractivity contribution in [1.29, 1.82) is 0 Å². The van der Waals surface area contributed by atoms with Crippen LogP contribution in [0.15, 0.2) is 12.7 Å². The SMILES string of the molecule is C=CC(=O)OCCOCCOCCOCCOCCOCCOCCOCCOCCOCCOCCOC(C)C. The van der Waals surface area contributed by atoms with E-state index in [2.05, 4.69) is 6.58 Å². The zero-order valence-corrected chi connectivity index (χ0v) is 25.2. The number of rotatable bonds is 35. The van der Waals surface area contributed by atoms with Gasteiger partial charge in [0, 0.05) is 6.08 Å². The molecule has 0 saturated carbocycles. The summed E-state index contributed by atoms with van der Waals surface area (Å²) in [7, 11) is 0. The average molecular weight is 599 g/mol. The average Bonchev–Trinajstić information content (AvgIpc) is 2.97. The molecule has 0 radical (unpaired) electrons. The van der Waals surface area contributed by atoms with Gasteiger partial charge in [-0.05, 0) is 13.8 Å². The first-order valence-corrected chi connectivity index (χ1v) is 14.3. The van der Waals surface area contributed by atoms with E-state index in [9.17, 15) is 4.79 Å². The Bertz CT molecular complexity index is 537. The Morgan fingerprint density at radius 1 is 0.439 bits per heavy atom. The van der Waals surface area contributed by atoms with E-state index in [1.165, 1.54) is 0 Å². The van der Waals surface area contributed by atoms with Gasteiger partial charge in [-0.3, -0.25) is 0 Å².